The molecule has 0 atom stereocenters. The minimum atomic E-state index is -0.0719. The second-order valence-electron chi connectivity index (χ2n) is 3.83. The van der Waals surface area contributed by atoms with E-state index in [9.17, 15) is 4.79 Å². The molecule has 16 heavy (non-hydrogen) atoms. The van der Waals surface area contributed by atoms with Gasteiger partial charge in [-0.2, -0.15) is 11.8 Å². The number of thioether (sulfide) groups is 1. The molecule has 0 amide bonds. The molecule has 2 N–H and O–H groups in total. The van der Waals surface area contributed by atoms with E-state index in [4.69, 9.17) is 0 Å². The van der Waals surface area contributed by atoms with Crippen LogP contribution in [0.15, 0.2) is 11.1 Å². The van der Waals surface area contributed by atoms with Gasteiger partial charge < -0.3 is 10.3 Å². The lowest BCUT2D eigenvalue weighted by atomic mass is 10.0. The molecule has 0 unspecified atom stereocenters. The zero-order valence-corrected chi connectivity index (χ0v) is 11.8. The summed E-state index contributed by atoms with van der Waals surface area (Å²) < 4.78 is 0.644. The lowest BCUT2D eigenvalue weighted by Crippen LogP contribution is -2.22. The van der Waals surface area contributed by atoms with Crippen LogP contribution >= 0.6 is 34.4 Å². The summed E-state index contributed by atoms with van der Waals surface area (Å²) in [6.45, 7) is 0.924. The van der Waals surface area contributed by atoms with Gasteiger partial charge in [-0.25, -0.2) is 4.98 Å². The van der Waals surface area contributed by atoms with Crippen LogP contribution in [0, 0.1) is 9.49 Å². The highest BCUT2D eigenvalue weighted by molar-refractivity contribution is 14.1. The maximum atomic E-state index is 11.3. The number of nitrogens with one attached hydrogen (secondary N) is 2. The topological polar surface area (TPSA) is 57.8 Å². The molecule has 2 heterocycles. The van der Waals surface area contributed by atoms with Gasteiger partial charge in [0.2, 0.25) is 0 Å². The maximum absolute atomic E-state index is 11.3. The average Bonchev–Trinajstić information content (AvgIpc) is 2.32. The van der Waals surface area contributed by atoms with Gasteiger partial charge in [-0.15, -0.1) is 0 Å². The van der Waals surface area contributed by atoms with Gasteiger partial charge >= 0.3 is 0 Å². The fourth-order valence-corrected chi connectivity index (χ4v) is 3.39. The zero-order valence-electron chi connectivity index (χ0n) is 8.83. The number of hydrogen-bond donors (Lipinski definition) is 2. The Balaban J connectivity index is 1.93. The molecule has 0 bridgehead atoms. The van der Waals surface area contributed by atoms with Crippen LogP contribution in [0.1, 0.15) is 12.8 Å². The van der Waals surface area contributed by atoms with Crippen LogP contribution in [0.5, 0.6) is 0 Å². The predicted molar refractivity (Wildman–Crippen MR) is 76.1 cm³/mol. The molecule has 0 aliphatic carbocycles. The summed E-state index contributed by atoms with van der Waals surface area (Å²) in [5.74, 6) is 3.94. The molecule has 88 valence electrons. The Kier molecular flexibility index (Phi) is 4.51. The summed E-state index contributed by atoms with van der Waals surface area (Å²) in [6, 6.07) is 0. The number of halogens is 1. The summed E-state index contributed by atoms with van der Waals surface area (Å²) in [6.07, 6.45) is 3.97. The molecule has 6 heteroatoms. The number of anilines is 1. The van der Waals surface area contributed by atoms with Crippen molar-refractivity contribution in [2.45, 2.75) is 12.8 Å². The number of nitrogens with zero attached hydrogens (tertiary/aromatic N) is 1. The van der Waals surface area contributed by atoms with E-state index in [2.05, 4.69) is 15.3 Å². The number of H-pyrrole nitrogens is 1. The van der Waals surface area contributed by atoms with Crippen LogP contribution in [-0.4, -0.2) is 28.0 Å². The third-order valence-corrected chi connectivity index (χ3v) is 4.75. The number of aromatic nitrogens is 2. The Morgan fingerprint density at radius 1 is 1.56 bits per heavy atom. The van der Waals surface area contributed by atoms with Gasteiger partial charge in [-0.3, -0.25) is 4.79 Å². The predicted octanol–water partition coefficient (Wildman–Crippen LogP) is 1.93. The van der Waals surface area contributed by atoms with Gasteiger partial charge in [0.25, 0.3) is 5.56 Å². The Labute approximate surface area is 112 Å². The van der Waals surface area contributed by atoms with Gasteiger partial charge in [0.1, 0.15) is 9.39 Å². The molecule has 4 nitrogen and oxygen atoms in total. The highest BCUT2D eigenvalue weighted by Gasteiger charge is 2.14. The van der Waals surface area contributed by atoms with Crippen molar-refractivity contribution >= 4 is 40.2 Å². The summed E-state index contributed by atoms with van der Waals surface area (Å²) in [7, 11) is 0. The Hall–Kier alpha value is -0.240. The molecule has 0 radical (unpaired) electrons. The lowest BCUT2D eigenvalue weighted by molar-refractivity contribution is 0.515. The first-order valence-electron chi connectivity index (χ1n) is 5.32. The molecular formula is C10H14IN3OS. The van der Waals surface area contributed by atoms with Crippen LogP contribution in [-0.2, 0) is 0 Å². The van der Waals surface area contributed by atoms with E-state index in [1.807, 2.05) is 34.4 Å². The molecule has 1 aromatic rings. The van der Waals surface area contributed by atoms with Crippen LogP contribution < -0.4 is 10.9 Å². The van der Waals surface area contributed by atoms with Gasteiger partial charge in [0.15, 0.2) is 0 Å². The fourth-order valence-electron chi connectivity index (χ4n) is 1.70. The summed E-state index contributed by atoms with van der Waals surface area (Å²) >= 11 is 4.05. The Bertz CT molecular complexity index is 403. The highest BCUT2D eigenvalue weighted by Crippen LogP contribution is 2.23. The van der Waals surface area contributed by atoms with E-state index < -0.39 is 0 Å². The van der Waals surface area contributed by atoms with Crippen LogP contribution in [0.2, 0.25) is 0 Å². The molecule has 1 aromatic heterocycles. The monoisotopic (exact) mass is 351 g/mol. The van der Waals surface area contributed by atoms with Crippen molar-refractivity contribution < 1.29 is 0 Å². The van der Waals surface area contributed by atoms with Crippen molar-refractivity contribution in [1.29, 1.82) is 0 Å². The minimum Gasteiger partial charge on any atom is -0.369 e. The van der Waals surface area contributed by atoms with Crippen molar-refractivity contribution in [3.63, 3.8) is 0 Å². The second kappa shape index (κ2) is 5.90. The van der Waals surface area contributed by atoms with Crippen molar-refractivity contribution in [3.05, 3.63) is 20.3 Å². The molecule has 1 aliphatic heterocycles. The summed E-state index contributed by atoms with van der Waals surface area (Å²) in [5.41, 5.74) is -0.0719. The van der Waals surface area contributed by atoms with Crippen molar-refractivity contribution in [1.82, 2.24) is 9.97 Å². The molecule has 1 saturated heterocycles. The highest BCUT2D eigenvalue weighted by atomic mass is 127. The van der Waals surface area contributed by atoms with Gasteiger partial charge in [-0.05, 0) is 52.9 Å². The van der Waals surface area contributed by atoms with Gasteiger partial charge in [0.05, 0.1) is 6.33 Å². The van der Waals surface area contributed by atoms with Crippen LogP contribution in [0.3, 0.4) is 0 Å². The first-order valence-corrected chi connectivity index (χ1v) is 7.55. The van der Waals surface area contributed by atoms with E-state index in [1.54, 1.807) is 0 Å². The first kappa shape index (κ1) is 12.2. The summed E-state index contributed by atoms with van der Waals surface area (Å²) in [4.78, 5) is 18.0. The largest absolute Gasteiger partial charge is 0.369 e. The summed E-state index contributed by atoms with van der Waals surface area (Å²) in [5, 5.41) is 3.28. The maximum Gasteiger partial charge on any atom is 0.266 e. The van der Waals surface area contributed by atoms with Crippen molar-refractivity contribution in [2.24, 2.45) is 5.92 Å². The standard InChI is InChI=1S/C10H14IN3OS/c11-8-9(13-6-14-10(8)15)12-5-7-1-3-16-4-2-7/h6-7H,1-5H2,(H2,12,13,14,15). The smallest absolute Gasteiger partial charge is 0.266 e. The molecule has 1 aliphatic rings. The number of hydrogen-bond acceptors (Lipinski definition) is 4. The van der Waals surface area contributed by atoms with Crippen molar-refractivity contribution in [2.75, 3.05) is 23.4 Å². The van der Waals surface area contributed by atoms with Crippen LogP contribution in [0.25, 0.3) is 0 Å². The number of rotatable bonds is 3. The quantitative estimate of drug-likeness (QED) is 0.818. The molecule has 0 saturated carbocycles. The minimum absolute atomic E-state index is 0.0719. The van der Waals surface area contributed by atoms with Gasteiger partial charge in [-0.1, -0.05) is 0 Å². The SMILES string of the molecule is O=c1[nH]cnc(NCC2CCSCC2)c1I. The fraction of sp³-hybridized carbons (Fsp3) is 0.600. The third-order valence-electron chi connectivity index (χ3n) is 2.70. The van der Waals surface area contributed by atoms with Crippen molar-refractivity contribution in [3.8, 4) is 0 Å². The normalized spacial score (nSPS) is 17.3. The Morgan fingerprint density at radius 3 is 3.06 bits per heavy atom. The Morgan fingerprint density at radius 2 is 2.31 bits per heavy atom. The first-order chi connectivity index (χ1) is 7.77. The third kappa shape index (κ3) is 3.13. The molecule has 1 fully saturated rings. The zero-order chi connectivity index (χ0) is 11.4. The molecule has 0 aromatic carbocycles. The second-order valence-corrected chi connectivity index (χ2v) is 6.13. The van der Waals surface area contributed by atoms with E-state index >= 15 is 0 Å². The molecular weight excluding hydrogens is 337 g/mol. The average molecular weight is 351 g/mol. The van der Waals surface area contributed by atoms with Crippen LogP contribution in [0.4, 0.5) is 5.82 Å². The lowest BCUT2D eigenvalue weighted by Gasteiger charge is -2.21. The molecule has 0 spiro atoms. The number of aromatic amines is 1. The van der Waals surface area contributed by atoms with E-state index in [0.717, 1.165) is 12.5 Å². The molecule has 2 rings (SSSR count). The van der Waals surface area contributed by atoms with Gasteiger partial charge in [0, 0.05) is 6.54 Å². The van der Waals surface area contributed by atoms with E-state index in [1.165, 1.54) is 30.7 Å². The van der Waals surface area contributed by atoms with E-state index in [0.29, 0.717) is 9.39 Å². The van der Waals surface area contributed by atoms with E-state index in [-0.39, 0.29) is 5.56 Å².